The van der Waals surface area contributed by atoms with E-state index < -0.39 is 5.76 Å². The van der Waals surface area contributed by atoms with Gasteiger partial charge in [0.1, 0.15) is 12.2 Å². The first kappa shape index (κ1) is 15.3. The number of carbonyl (C=O) groups excluding carboxylic acids is 1. The molecule has 1 aliphatic heterocycles. The molecule has 25 heavy (non-hydrogen) atoms. The van der Waals surface area contributed by atoms with Crippen LogP contribution in [0.1, 0.15) is 11.1 Å². The fraction of sp³-hybridized carbons (Fsp3) is 0.222. The summed E-state index contributed by atoms with van der Waals surface area (Å²) >= 11 is 0. The minimum absolute atomic E-state index is 0.115. The Balaban J connectivity index is 1.57. The Kier molecular flexibility index (Phi) is 3.89. The van der Waals surface area contributed by atoms with Gasteiger partial charge < -0.3 is 4.90 Å². The van der Waals surface area contributed by atoms with Crippen molar-refractivity contribution in [1.82, 2.24) is 19.6 Å². The molecule has 0 saturated carbocycles. The first-order chi connectivity index (χ1) is 12.2. The summed E-state index contributed by atoms with van der Waals surface area (Å²) in [6.07, 6.45) is 2.41. The van der Waals surface area contributed by atoms with Gasteiger partial charge in [-0.1, -0.05) is 35.5 Å². The van der Waals surface area contributed by atoms with Crippen LogP contribution in [0.2, 0.25) is 0 Å². The van der Waals surface area contributed by atoms with Gasteiger partial charge in [0.25, 0.3) is 0 Å². The van der Waals surface area contributed by atoms with Crippen molar-refractivity contribution in [3.05, 3.63) is 70.3 Å². The molecule has 2 aromatic heterocycles. The van der Waals surface area contributed by atoms with Gasteiger partial charge in [0.15, 0.2) is 0 Å². The molecule has 0 N–H and O–H groups in total. The molecule has 3 heterocycles. The third-order valence-corrected chi connectivity index (χ3v) is 4.36. The molecule has 0 radical (unpaired) electrons. The third-order valence-electron chi connectivity index (χ3n) is 4.36. The van der Waals surface area contributed by atoms with Crippen LogP contribution in [0.3, 0.4) is 0 Å². The van der Waals surface area contributed by atoms with Crippen LogP contribution in [0.5, 0.6) is 0 Å². The van der Waals surface area contributed by atoms with E-state index in [1.165, 1.54) is 10.1 Å². The van der Waals surface area contributed by atoms with Crippen LogP contribution >= 0.6 is 0 Å². The first-order valence-corrected chi connectivity index (χ1v) is 8.05. The molecule has 0 spiro atoms. The fourth-order valence-corrected chi connectivity index (χ4v) is 3.03. The highest BCUT2D eigenvalue weighted by Crippen LogP contribution is 2.19. The van der Waals surface area contributed by atoms with E-state index in [9.17, 15) is 9.59 Å². The molecule has 0 fully saturated rings. The Labute approximate surface area is 143 Å². The van der Waals surface area contributed by atoms with Crippen LogP contribution in [0.25, 0.3) is 11.5 Å². The second-order valence-electron chi connectivity index (χ2n) is 5.91. The maximum Gasteiger partial charge on any atom is 0.442 e. The van der Waals surface area contributed by atoms with Gasteiger partial charge in [-0.3, -0.25) is 14.3 Å². The summed E-state index contributed by atoms with van der Waals surface area (Å²) in [5, 5.41) is 3.76. The van der Waals surface area contributed by atoms with Gasteiger partial charge in [0, 0.05) is 19.3 Å². The van der Waals surface area contributed by atoms with Gasteiger partial charge in [0.05, 0.1) is 0 Å². The van der Waals surface area contributed by atoms with Crippen LogP contribution in [-0.2, 0) is 24.3 Å². The number of hydrogen-bond donors (Lipinski definition) is 0. The smallest absolute Gasteiger partial charge is 0.336 e. The Morgan fingerprint density at radius 1 is 1.12 bits per heavy atom. The highest BCUT2D eigenvalue weighted by Gasteiger charge is 2.23. The summed E-state index contributed by atoms with van der Waals surface area (Å²) in [7, 11) is 0. The van der Waals surface area contributed by atoms with E-state index in [0.29, 0.717) is 18.8 Å². The quantitative estimate of drug-likeness (QED) is 0.724. The van der Waals surface area contributed by atoms with Crippen molar-refractivity contribution >= 4 is 5.91 Å². The Morgan fingerprint density at radius 2 is 1.92 bits per heavy atom. The zero-order valence-corrected chi connectivity index (χ0v) is 13.5. The van der Waals surface area contributed by atoms with Crippen LogP contribution < -0.4 is 5.76 Å². The number of nitrogens with zero attached hydrogens (tertiary/aromatic N) is 4. The zero-order valence-electron chi connectivity index (χ0n) is 13.5. The lowest BCUT2D eigenvalue weighted by Crippen LogP contribution is -2.39. The molecule has 0 bridgehead atoms. The minimum Gasteiger partial charge on any atom is -0.336 e. The van der Waals surface area contributed by atoms with Crippen LogP contribution in [0, 0.1) is 0 Å². The average molecular weight is 336 g/mol. The normalized spacial score (nSPS) is 13.5. The first-order valence-electron chi connectivity index (χ1n) is 8.05. The summed E-state index contributed by atoms with van der Waals surface area (Å²) in [6.45, 7) is 1.07. The molecule has 4 rings (SSSR count). The van der Waals surface area contributed by atoms with E-state index in [4.69, 9.17) is 4.52 Å². The molecule has 1 aliphatic rings. The Bertz CT molecular complexity index is 962. The molecule has 1 aromatic carbocycles. The topological polar surface area (TPSA) is 81.2 Å². The predicted octanol–water partition coefficient (Wildman–Crippen LogP) is 1.48. The van der Waals surface area contributed by atoms with Crippen molar-refractivity contribution < 1.29 is 9.32 Å². The van der Waals surface area contributed by atoms with Crippen molar-refractivity contribution in [2.75, 3.05) is 6.54 Å². The van der Waals surface area contributed by atoms with E-state index >= 15 is 0 Å². The SMILES string of the molecule is O=C(Cn1c(-c2ccccn2)noc1=O)N1CCc2ccccc2C1. The van der Waals surface area contributed by atoms with Crippen LogP contribution in [0.4, 0.5) is 0 Å². The summed E-state index contributed by atoms with van der Waals surface area (Å²) < 4.78 is 5.97. The van der Waals surface area contributed by atoms with E-state index in [1.807, 2.05) is 18.2 Å². The summed E-state index contributed by atoms with van der Waals surface area (Å²) in [6, 6.07) is 13.4. The van der Waals surface area contributed by atoms with Gasteiger partial charge in [0.2, 0.25) is 11.7 Å². The fourth-order valence-electron chi connectivity index (χ4n) is 3.03. The minimum atomic E-state index is -0.661. The molecule has 7 nitrogen and oxygen atoms in total. The molecule has 0 unspecified atom stereocenters. The van der Waals surface area contributed by atoms with Crippen molar-refractivity contribution in [3.8, 4) is 11.5 Å². The monoisotopic (exact) mass is 336 g/mol. The Morgan fingerprint density at radius 3 is 2.72 bits per heavy atom. The van der Waals surface area contributed by atoms with Gasteiger partial charge in [-0.05, 0) is 29.7 Å². The standard InChI is InChI=1S/C18H16N4O3/c23-16(21-10-8-13-5-1-2-6-14(13)11-21)12-22-17(20-25-18(22)24)15-7-3-4-9-19-15/h1-7,9H,8,10-12H2. The largest absolute Gasteiger partial charge is 0.442 e. The second-order valence-corrected chi connectivity index (χ2v) is 5.91. The summed E-state index contributed by atoms with van der Waals surface area (Å²) in [4.78, 5) is 30.6. The summed E-state index contributed by atoms with van der Waals surface area (Å²) in [5.41, 5.74) is 2.90. The van der Waals surface area contributed by atoms with E-state index in [1.54, 1.807) is 29.3 Å². The highest BCUT2D eigenvalue weighted by molar-refractivity contribution is 5.77. The van der Waals surface area contributed by atoms with Gasteiger partial charge >= 0.3 is 5.76 Å². The molecule has 0 atom stereocenters. The number of carbonyl (C=O) groups is 1. The van der Waals surface area contributed by atoms with Crippen LogP contribution in [-0.4, -0.2) is 32.1 Å². The van der Waals surface area contributed by atoms with Crippen molar-refractivity contribution in [2.45, 2.75) is 19.5 Å². The molecular weight excluding hydrogens is 320 g/mol. The number of pyridine rings is 1. The molecule has 1 amide bonds. The average Bonchev–Trinajstić information content (AvgIpc) is 3.02. The highest BCUT2D eigenvalue weighted by atomic mass is 16.5. The number of fused-ring (bicyclic) bond motifs is 1. The predicted molar refractivity (Wildman–Crippen MR) is 89.6 cm³/mol. The lowest BCUT2D eigenvalue weighted by molar-refractivity contribution is -0.132. The van der Waals surface area contributed by atoms with E-state index in [2.05, 4.69) is 16.2 Å². The third kappa shape index (κ3) is 2.96. The van der Waals surface area contributed by atoms with Crippen molar-refractivity contribution in [1.29, 1.82) is 0 Å². The number of aromatic nitrogens is 3. The number of hydrogen-bond acceptors (Lipinski definition) is 5. The number of rotatable bonds is 3. The molecule has 126 valence electrons. The van der Waals surface area contributed by atoms with E-state index in [-0.39, 0.29) is 18.3 Å². The Hall–Kier alpha value is -3.22. The summed E-state index contributed by atoms with van der Waals surface area (Å²) in [5.74, 6) is -0.542. The lowest BCUT2D eigenvalue weighted by Gasteiger charge is -2.28. The number of benzene rings is 1. The van der Waals surface area contributed by atoms with Crippen LogP contribution in [0.15, 0.2) is 58.0 Å². The second kappa shape index (κ2) is 6.35. The molecular formula is C18H16N4O3. The number of amides is 1. The van der Waals surface area contributed by atoms with Crippen molar-refractivity contribution in [2.24, 2.45) is 0 Å². The van der Waals surface area contributed by atoms with Crippen molar-refractivity contribution in [3.63, 3.8) is 0 Å². The molecule has 0 aliphatic carbocycles. The lowest BCUT2D eigenvalue weighted by atomic mass is 10.00. The van der Waals surface area contributed by atoms with Gasteiger partial charge in [-0.15, -0.1) is 0 Å². The van der Waals surface area contributed by atoms with E-state index in [0.717, 1.165) is 12.0 Å². The zero-order chi connectivity index (χ0) is 17.2. The maximum atomic E-state index is 12.7. The van der Waals surface area contributed by atoms with Gasteiger partial charge in [-0.25, -0.2) is 9.36 Å². The maximum absolute atomic E-state index is 12.7. The molecule has 7 heteroatoms. The van der Waals surface area contributed by atoms with Gasteiger partial charge in [-0.2, -0.15) is 0 Å². The molecule has 3 aromatic rings. The molecule has 0 saturated heterocycles.